The molecule has 0 aliphatic carbocycles. The van der Waals surface area contributed by atoms with E-state index < -0.39 is 5.60 Å². The van der Waals surface area contributed by atoms with Gasteiger partial charge >= 0.3 is 5.97 Å². The van der Waals surface area contributed by atoms with Gasteiger partial charge in [0.2, 0.25) is 0 Å². The summed E-state index contributed by atoms with van der Waals surface area (Å²) in [6.45, 7) is 7.17. The number of esters is 1. The first kappa shape index (κ1) is 15.0. The van der Waals surface area contributed by atoms with E-state index in [1.165, 1.54) is 0 Å². The monoisotopic (exact) mass is 275 g/mol. The Labute approximate surface area is 121 Å². The third-order valence-corrected chi connectivity index (χ3v) is 4.56. The van der Waals surface area contributed by atoms with Gasteiger partial charge in [0.05, 0.1) is 0 Å². The van der Waals surface area contributed by atoms with E-state index in [0.717, 1.165) is 18.5 Å². The summed E-state index contributed by atoms with van der Waals surface area (Å²) in [5.74, 6) is 0.166. The normalized spacial score (nSPS) is 31.0. The molecule has 0 amide bonds. The lowest BCUT2D eigenvalue weighted by atomic mass is 9.74. The maximum absolute atomic E-state index is 12.0. The van der Waals surface area contributed by atoms with Gasteiger partial charge in [0.1, 0.15) is 5.60 Å². The Morgan fingerprint density at radius 1 is 1.35 bits per heavy atom. The molecule has 1 saturated heterocycles. The lowest BCUT2D eigenvalue weighted by molar-refractivity contribution is -0.177. The molecular weight excluding hydrogens is 250 g/mol. The second-order valence-electron chi connectivity index (χ2n) is 5.98. The molecule has 0 spiro atoms. The molecule has 1 aromatic rings. The molecule has 3 atom stereocenters. The van der Waals surface area contributed by atoms with E-state index in [9.17, 15) is 4.79 Å². The van der Waals surface area contributed by atoms with Gasteiger partial charge in [-0.1, -0.05) is 44.2 Å². The number of hydrogen-bond donors (Lipinski definition) is 0. The van der Waals surface area contributed by atoms with Crippen LogP contribution in [0.2, 0.25) is 0 Å². The minimum atomic E-state index is -0.486. The summed E-state index contributed by atoms with van der Waals surface area (Å²) in [6, 6.07) is 10.6. The van der Waals surface area contributed by atoms with Crippen LogP contribution in [0.4, 0.5) is 0 Å². The quantitative estimate of drug-likeness (QED) is 0.793. The predicted octanol–water partition coefficient (Wildman–Crippen LogP) is 3.20. The number of nitrogens with zero attached hydrogens (tertiary/aromatic N) is 1. The van der Waals surface area contributed by atoms with E-state index in [-0.39, 0.29) is 11.9 Å². The SMILES string of the molecule is CCC(=O)O[C@@]1(c2ccccc2)C[C@@H](C)N(C)C[C@H]1C. The topological polar surface area (TPSA) is 29.5 Å². The molecule has 3 nitrogen and oxygen atoms in total. The van der Waals surface area contributed by atoms with Crippen molar-refractivity contribution in [2.24, 2.45) is 5.92 Å². The second-order valence-corrected chi connectivity index (χ2v) is 5.98. The molecule has 3 heteroatoms. The van der Waals surface area contributed by atoms with Crippen molar-refractivity contribution in [2.45, 2.75) is 45.3 Å². The van der Waals surface area contributed by atoms with Gasteiger partial charge in [0, 0.05) is 31.3 Å². The zero-order valence-electron chi connectivity index (χ0n) is 12.9. The molecule has 0 aromatic heterocycles. The highest BCUT2D eigenvalue weighted by Gasteiger charge is 2.46. The van der Waals surface area contributed by atoms with Crippen molar-refractivity contribution >= 4 is 5.97 Å². The van der Waals surface area contributed by atoms with Crippen LogP contribution in [0.15, 0.2) is 30.3 Å². The molecule has 0 radical (unpaired) electrons. The Hall–Kier alpha value is -1.35. The van der Waals surface area contributed by atoms with E-state index >= 15 is 0 Å². The minimum Gasteiger partial charge on any atom is -0.454 e. The lowest BCUT2D eigenvalue weighted by Crippen LogP contribution is -2.53. The van der Waals surface area contributed by atoms with Gasteiger partial charge in [-0.2, -0.15) is 0 Å². The molecule has 1 aromatic carbocycles. The van der Waals surface area contributed by atoms with Gasteiger partial charge in [-0.05, 0) is 19.5 Å². The summed E-state index contributed by atoms with van der Waals surface area (Å²) in [4.78, 5) is 14.3. The lowest BCUT2D eigenvalue weighted by Gasteiger charge is -2.48. The highest BCUT2D eigenvalue weighted by atomic mass is 16.6. The van der Waals surface area contributed by atoms with Gasteiger partial charge < -0.3 is 9.64 Å². The van der Waals surface area contributed by atoms with E-state index in [1.54, 1.807) is 0 Å². The Bertz CT molecular complexity index is 459. The fraction of sp³-hybridized carbons (Fsp3) is 0.588. The smallest absolute Gasteiger partial charge is 0.306 e. The fourth-order valence-corrected chi connectivity index (χ4v) is 3.15. The number of hydrogen-bond acceptors (Lipinski definition) is 3. The summed E-state index contributed by atoms with van der Waals surface area (Å²) in [5, 5.41) is 0. The Morgan fingerprint density at radius 2 is 2.00 bits per heavy atom. The molecule has 1 fully saturated rings. The molecular formula is C17H25NO2. The molecule has 0 N–H and O–H groups in total. The molecule has 0 unspecified atom stereocenters. The zero-order chi connectivity index (χ0) is 14.8. The minimum absolute atomic E-state index is 0.113. The van der Waals surface area contributed by atoms with Crippen LogP contribution in [0, 0.1) is 5.92 Å². The molecule has 1 aliphatic heterocycles. The standard InChI is InChI=1S/C17H25NO2/c1-5-16(19)20-17(15-9-7-6-8-10-15)11-14(3)18(4)12-13(17)2/h6-10,13-14H,5,11-12H2,1-4H3/t13-,14-,17+/m1/s1. The molecule has 0 bridgehead atoms. The van der Waals surface area contributed by atoms with Crippen LogP contribution < -0.4 is 0 Å². The summed E-state index contributed by atoms with van der Waals surface area (Å²) in [5.41, 5.74) is 0.634. The van der Waals surface area contributed by atoms with Crippen LogP contribution >= 0.6 is 0 Å². The fourth-order valence-electron chi connectivity index (χ4n) is 3.15. The second kappa shape index (κ2) is 5.96. The number of piperidine rings is 1. The first-order valence-electron chi connectivity index (χ1n) is 7.47. The summed E-state index contributed by atoms with van der Waals surface area (Å²) < 4.78 is 5.98. The number of rotatable bonds is 3. The summed E-state index contributed by atoms with van der Waals surface area (Å²) in [7, 11) is 2.14. The number of carbonyl (C=O) groups is 1. The average Bonchev–Trinajstić information content (AvgIpc) is 2.45. The highest BCUT2D eigenvalue weighted by Crippen LogP contribution is 2.43. The first-order chi connectivity index (χ1) is 9.49. The van der Waals surface area contributed by atoms with Crippen LogP contribution in [0.5, 0.6) is 0 Å². The van der Waals surface area contributed by atoms with Crippen molar-refractivity contribution in [3.63, 3.8) is 0 Å². The Balaban J connectivity index is 2.41. The van der Waals surface area contributed by atoms with Gasteiger partial charge in [-0.3, -0.25) is 4.79 Å². The molecule has 1 aliphatic rings. The number of carbonyl (C=O) groups excluding carboxylic acids is 1. The van der Waals surface area contributed by atoms with Crippen LogP contribution in [0.1, 0.15) is 39.2 Å². The molecule has 1 heterocycles. The molecule has 110 valence electrons. The highest BCUT2D eigenvalue weighted by molar-refractivity contribution is 5.69. The van der Waals surface area contributed by atoms with Crippen LogP contribution in [0.3, 0.4) is 0 Å². The van der Waals surface area contributed by atoms with Crippen molar-refractivity contribution in [1.29, 1.82) is 0 Å². The maximum atomic E-state index is 12.0. The van der Waals surface area contributed by atoms with Crippen LogP contribution in [-0.2, 0) is 15.1 Å². The summed E-state index contributed by atoms with van der Waals surface area (Å²) in [6.07, 6.45) is 1.27. The van der Waals surface area contributed by atoms with Gasteiger partial charge in [-0.15, -0.1) is 0 Å². The zero-order valence-corrected chi connectivity index (χ0v) is 12.9. The largest absolute Gasteiger partial charge is 0.454 e. The van der Waals surface area contributed by atoms with E-state index in [4.69, 9.17) is 4.74 Å². The van der Waals surface area contributed by atoms with Gasteiger partial charge in [-0.25, -0.2) is 0 Å². The van der Waals surface area contributed by atoms with Crippen molar-refractivity contribution < 1.29 is 9.53 Å². The average molecular weight is 275 g/mol. The van der Waals surface area contributed by atoms with Crippen molar-refractivity contribution in [3.8, 4) is 0 Å². The molecule has 20 heavy (non-hydrogen) atoms. The maximum Gasteiger partial charge on any atom is 0.306 e. The van der Waals surface area contributed by atoms with E-state index in [0.29, 0.717) is 12.5 Å². The van der Waals surface area contributed by atoms with Crippen molar-refractivity contribution in [3.05, 3.63) is 35.9 Å². The van der Waals surface area contributed by atoms with Gasteiger partial charge in [0.15, 0.2) is 0 Å². The summed E-state index contributed by atoms with van der Waals surface area (Å²) >= 11 is 0. The van der Waals surface area contributed by atoms with E-state index in [1.807, 2.05) is 25.1 Å². The number of ether oxygens (including phenoxy) is 1. The molecule has 0 saturated carbocycles. The van der Waals surface area contributed by atoms with Crippen molar-refractivity contribution in [2.75, 3.05) is 13.6 Å². The van der Waals surface area contributed by atoms with E-state index in [2.05, 4.69) is 37.9 Å². The Kier molecular flexibility index (Phi) is 4.48. The Morgan fingerprint density at radius 3 is 2.60 bits per heavy atom. The molecule has 2 rings (SSSR count). The van der Waals surface area contributed by atoms with Crippen molar-refractivity contribution in [1.82, 2.24) is 4.90 Å². The third-order valence-electron chi connectivity index (χ3n) is 4.56. The predicted molar refractivity (Wildman–Crippen MR) is 80.4 cm³/mol. The number of likely N-dealkylation sites (tertiary alicyclic amines) is 1. The van der Waals surface area contributed by atoms with Gasteiger partial charge in [0.25, 0.3) is 0 Å². The number of benzene rings is 1. The first-order valence-corrected chi connectivity index (χ1v) is 7.47. The van der Waals surface area contributed by atoms with Crippen LogP contribution in [-0.4, -0.2) is 30.5 Å². The van der Waals surface area contributed by atoms with Crippen LogP contribution in [0.25, 0.3) is 0 Å². The third kappa shape index (κ3) is 2.73.